The van der Waals surface area contributed by atoms with Gasteiger partial charge in [0.05, 0.1) is 6.26 Å². The molecule has 0 amide bonds. The standard InChI is InChI=1S/C25H22O/c1-2-6-17-26-25(12-3-1)24-11-7-10-20-22-14-13-18-8-4-5-9-19(18)21(22)15-16-23(20)24/h1-6,8-9,11-12,15-17,25H,7,10,13-14H2. The van der Waals surface area contributed by atoms with Gasteiger partial charge in [0.2, 0.25) is 0 Å². The highest BCUT2D eigenvalue weighted by atomic mass is 16.5. The molecule has 3 aliphatic rings. The molecule has 1 nitrogen and oxygen atoms in total. The van der Waals surface area contributed by atoms with E-state index in [1.54, 1.807) is 11.8 Å². The van der Waals surface area contributed by atoms with E-state index >= 15 is 0 Å². The van der Waals surface area contributed by atoms with Crippen LogP contribution in [0.15, 0.2) is 79.1 Å². The number of hydrogen-bond donors (Lipinski definition) is 0. The molecule has 0 spiro atoms. The van der Waals surface area contributed by atoms with Crippen LogP contribution in [0.4, 0.5) is 0 Å². The van der Waals surface area contributed by atoms with Crippen molar-refractivity contribution in [2.24, 2.45) is 0 Å². The highest BCUT2D eigenvalue weighted by molar-refractivity contribution is 5.82. The lowest BCUT2D eigenvalue weighted by Crippen LogP contribution is -2.17. The predicted molar refractivity (Wildman–Crippen MR) is 108 cm³/mol. The van der Waals surface area contributed by atoms with Crippen molar-refractivity contribution in [3.8, 4) is 11.1 Å². The first-order chi connectivity index (χ1) is 12.9. The Labute approximate surface area is 155 Å². The third-order valence-electron chi connectivity index (χ3n) is 5.68. The lowest BCUT2D eigenvalue weighted by atomic mass is 9.77. The molecule has 0 bridgehead atoms. The molecule has 1 heterocycles. The fourth-order valence-corrected chi connectivity index (χ4v) is 4.49. The molecule has 0 aromatic heterocycles. The van der Waals surface area contributed by atoms with Crippen LogP contribution < -0.4 is 0 Å². The number of aryl methyl sites for hydroxylation is 1. The van der Waals surface area contributed by atoms with Gasteiger partial charge in [-0.25, -0.2) is 0 Å². The minimum Gasteiger partial charge on any atom is -0.489 e. The number of rotatable bonds is 1. The summed E-state index contributed by atoms with van der Waals surface area (Å²) in [4.78, 5) is 0. The summed E-state index contributed by atoms with van der Waals surface area (Å²) in [5, 5.41) is 0. The van der Waals surface area contributed by atoms with Crippen molar-refractivity contribution in [1.82, 2.24) is 0 Å². The van der Waals surface area contributed by atoms with Gasteiger partial charge >= 0.3 is 0 Å². The van der Waals surface area contributed by atoms with E-state index in [1.165, 1.54) is 33.4 Å². The molecule has 1 unspecified atom stereocenters. The molecule has 1 atom stereocenters. The summed E-state index contributed by atoms with van der Waals surface area (Å²) in [5.74, 6) is 0. The lowest BCUT2D eigenvalue weighted by Gasteiger charge is -2.29. The first kappa shape index (κ1) is 15.5. The van der Waals surface area contributed by atoms with Gasteiger partial charge in [0, 0.05) is 0 Å². The van der Waals surface area contributed by atoms with Gasteiger partial charge in [-0.3, -0.25) is 0 Å². The maximum Gasteiger partial charge on any atom is 0.142 e. The fourth-order valence-electron chi connectivity index (χ4n) is 4.49. The molecular formula is C25H22O. The highest BCUT2D eigenvalue weighted by Crippen LogP contribution is 2.41. The van der Waals surface area contributed by atoms with Crippen LogP contribution in [0.1, 0.15) is 28.7 Å². The third kappa shape index (κ3) is 2.55. The minimum atomic E-state index is -0.0100. The summed E-state index contributed by atoms with van der Waals surface area (Å²) in [7, 11) is 0. The molecule has 0 N–H and O–H groups in total. The van der Waals surface area contributed by atoms with E-state index in [9.17, 15) is 0 Å². The Kier molecular flexibility index (Phi) is 3.86. The van der Waals surface area contributed by atoms with Crippen molar-refractivity contribution >= 4 is 5.57 Å². The van der Waals surface area contributed by atoms with Gasteiger partial charge in [-0.2, -0.15) is 0 Å². The number of allylic oxidation sites excluding steroid dienone is 5. The van der Waals surface area contributed by atoms with Gasteiger partial charge in [0.15, 0.2) is 0 Å². The first-order valence-electron chi connectivity index (χ1n) is 9.51. The van der Waals surface area contributed by atoms with E-state index in [-0.39, 0.29) is 6.10 Å². The predicted octanol–water partition coefficient (Wildman–Crippen LogP) is 5.81. The van der Waals surface area contributed by atoms with Gasteiger partial charge in [0.1, 0.15) is 6.10 Å². The smallest absolute Gasteiger partial charge is 0.142 e. The second kappa shape index (κ2) is 6.49. The van der Waals surface area contributed by atoms with Crippen LogP contribution in [-0.4, -0.2) is 6.10 Å². The monoisotopic (exact) mass is 338 g/mol. The molecule has 5 rings (SSSR count). The Balaban J connectivity index is 1.60. The Hall–Kier alpha value is -2.80. The van der Waals surface area contributed by atoms with E-state index in [4.69, 9.17) is 4.74 Å². The van der Waals surface area contributed by atoms with Crippen molar-refractivity contribution in [3.63, 3.8) is 0 Å². The van der Waals surface area contributed by atoms with E-state index in [0.29, 0.717) is 0 Å². The van der Waals surface area contributed by atoms with E-state index in [0.717, 1.165) is 25.7 Å². The fraction of sp³-hybridized carbons (Fsp3) is 0.200. The zero-order chi connectivity index (χ0) is 17.3. The molecule has 0 saturated heterocycles. The second-order valence-electron chi connectivity index (χ2n) is 7.13. The topological polar surface area (TPSA) is 9.23 Å². The summed E-state index contributed by atoms with van der Waals surface area (Å²) in [6.07, 6.45) is 18.9. The van der Waals surface area contributed by atoms with Crippen molar-refractivity contribution in [2.45, 2.75) is 31.8 Å². The SMILES string of the molecule is C1=CC=CC(C2=CCCc3c2ccc2c3CCc3ccccc3-2)OC=C1. The van der Waals surface area contributed by atoms with Gasteiger partial charge in [-0.15, -0.1) is 0 Å². The molecule has 26 heavy (non-hydrogen) atoms. The average molecular weight is 338 g/mol. The molecular weight excluding hydrogens is 316 g/mol. The minimum absolute atomic E-state index is 0.0100. The highest BCUT2D eigenvalue weighted by Gasteiger charge is 2.25. The van der Waals surface area contributed by atoms with E-state index in [2.05, 4.69) is 60.7 Å². The molecule has 0 fully saturated rings. The first-order valence-corrected chi connectivity index (χ1v) is 9.51. The molecule has 2 aromatic carbocycles. The zero-order valence-electron chi connectivity index (χ0n) is 14.8. The maximum atomic E-state index is 5.99. The van der Waals surface area contributed by atoms with Crippen LogP contribution in [0.2, 0.25) is 0 Å². The van der Waals surface area contributed by atoms with Gasteiger partial charge in [0.25, 0.3) is 0 Å². The van der Waals surface area contributed by atoms with Crippen molar-refractivity contribution in [1.29, 1.82) is 0 Å². The summed E-state index contributed by atoms with van der Waals surface area (Å²) in [6.45, 7) is 0. The van der Waals surface area contributed by atoms with Crippen molar-refractivity contribution in [3.05, 3.63) is 101 Å². The number of hydrogen-bond acceptors (Lipinski definition) is 1. The van der Waals surface area contributed by atoms with E-state index in [1.807, 2.05) is 12.2 Å². The average Bonchev–Trinajstić information content (AvgIpc) is 2.67. The van der Waals surface area contributed by atoms with Crippen LogP contribution in [0, 0.1) is 0 Å². The second-order valence-corrected chi connectivity index (χ2v) is 7.13. The quantitative estimate of drug-likeness (QED) is 0.638. The van der Waals surface area contributed by atoms with Gasteiger partial charge < -0.3 is 4.74 Å². The van der Waals surface area contributed by atoms with Crippen LogP contribution in [0.3, 0.4) is 0 Å². The molecule has 0 saturated carbocycles. The maximum absolute atomic E-state index is 5.99. The number of benzene rings is 2. The molecule has 1 aliphatic heterocycles. The zero-order valence-corrected chi connectivity index (χ0v) is 14.8. The summed E-state index contributed by atoms with van der Waals surface area (Å²) in [6, 6.07) is 13.5. The Morgan fingerprint density at radius 2 is 1.58 bits per heavy atom. The van der Waals surface area contributed by atoms with E-state index < -0.39 is 0 Å². The largest absolute Gasteiger partial charge is 0.489 e. The Morgan fingerprint density at radius 3 is 2.58 bits per heavy atom. The van der Waals surface area contributed by atoms with Crippen LogP contribution in [0.5, 0.6) is 0 Å². The summed E-state index contributed by atoms with van der Waals surface area (Å²) < 4.78 is 5.99. The molecule has 1 heteroatoms. The molecule has 0 radical (unpaired) electrons. The Morgan fingerprint density at radius 1 is 0.731 bits per heavy atom. The number of ether oxygens (including phenoxy) is 1. The molecule has 2 aliphatic carbocycles. The lowest BCUT2D eigenvalue weighted by molar-refractivity contribution is 0.235. The van der Waals surface area contributed by atoms with Crippen molar-refractivity contribution < 1.29 is 4.74 Å². The summed E-state index contributed by atoms with van der Waals surface area (Å²) >= 11 is 0. The van der Waals surface area contributed by atoms with Gasteiger partial charge in [-0.1, -0.05) is 60.7 Å². The van der Waals surface area contributed by atoms with Crippen LogP contribution in [0.25, 0.3) is 16.7 Å². The molecule has 128 valence electrons. The normalized spacial score (nSPS) is 20.2. The van der Waals surface area contributed by atoms with Crippen molar-refractivity contribution in [2.75, 3.05) is 0 Å². The number of fused-ring (bicyclic) bond motifs is 5. The van der Waals surface area contributed by atoms with Crippen LogP contribution >= 0.6 is 0 Å². The Bertz CT molecular complexity index is 972. The van der Waals surface area contributed by atoms with Crippen LogP contribution in [-0.2, 0) is 24.0 Å². The molecule has 2 aromatic rings. The summed E-state index contributed by atoms with van der Waals surface area (Å²) in [5.41, 5.74) is 10.1. The third-order valence-corrected chi connectivity index (χ3v) is 5.68. The van der Waals surface area contributed by atoms with Gasteiger partial charge in [-0.05, 0) is 76.8 Å².